The van der Waals surface area contributed by atoms with Crippen LogP contribution < -0.4 is 5.32 Å². The van der Waals surface area contributed by atoms with Crippen molar-refractivity contribution in [2.24, 2.45) is 11.3 Å². The Morgan fingerprint density at radius 2 is 1.97 bits per heavy atom. The van der Waals surface area contributed by atoms with Gasteiger partial charge in [0.05, 0.1) is 18.3 Å². The van der Waals surface area contributed by atoms with E-state index in [-0.39, 0.29) is 23.2 Å². The fourth-order valence-electron chi connectivity index (χ4n) is 5.81. The van der Waals surface area contributed by atoms with Gasteiger partial charge >= 0.3 is 19.2 Å². The molecule has 8 heteroatoms. The lowest BCUT2D eigenvalue weighted by molar-refractivity contribution is -0.257. The van der Waals surface area contributed by atoms with Crippen molar-refractivity contribution >= 4 is 19.2 Å². The maximum Gasteiger partial charge on any atom is 0.457 e. The minimum Gasteiger partial charge on any atom is -0.467 e. The van der Waals surface area contributed by atoms with Gasteiger partial charge in [0.15, 0.2) is 0 Å². The molecule has 4 aliphatic rings. The molecule has 1 aromatic rings. The van der Waals surface area contributed by atoms with Gasteiger partial charge in [-0.3, -0.25) is 0 Å². The molecule has 1 amide bonds. The van der Waals surface area contributed by atoms with Crippen LogP contribution in [0.5, 0.6) is 0 Å². The number of esters is 1. The standard InChI is InChI=1S/C23H32BNO6/c1-21(2)17-10-12-22(3)23(21,14-17)31-24(30-22)13-11-18(19(26)28-4)25-20(27)29-15-16-8-6-5-7-9-16/h5-9,17-18H,10-15H2,1-4H3,(H,25,27)/t17-,18-,22-,23-/m0/s1. The van der Waals surface area contributed by atoms with Crippen molar-refractivity contribution in [1.82, 2.24) is 5.32 Å². The van der Waals surface area contributed by atoms with Crippen molar-refractivity contribution in [3.8, 4) is 0 Å². The summed E-state index contributed by atoms with van der Waals surface area (Å²) >= 11 is 0. The summed E-state index contributed by atoms with van der Waals surface area (Å²) in [4.78, 5) is 24.5. The van der Waals surface area contributed by atoms with Crippen LogP contribution in [-0.2, 0) is 30.2 Å². The molecule has 3 aliphatic carbocycles. The fraction of sp³-hybridized carbons (Fsp3) is 0.652. The van der Waals surface area contributed by atoms with Crippen LogP contribution in [0.15, 0.2) is 30.3 Å². The summed E-state index contributed by atoms with van der Waals surface area (Å²) in [5, 5.41) is 2.62. The third-order valence-electron chi connectivity index (χ3n) is 7.83. The predicted octanol–water partition coefficient (Wildman–Crippen LogP) is 3.72. The largest absolute Gasteiger partial charge is 0.467 e. The number of rotatable bonds is 7. The molecule has 4 atom stereocenters. The second-order valence-corrected chi connectivity index (χ2v) is 9.74. The first-order valence-corrected chi connectivity index (χ1v) is 11.1. The SMILES string of the molecule is COC(=O)[C@H](CCB1O[C@]23C[C@H](CC[C@]2(C)O1)C3(C)C)NC(=O)OCc1ccccc1. The van der Waals surface area contributed by atoms with Crippen molar-refractivity contribution in [2.75, 3.05) is 7.11 Å². The van der Waals surface area contributed by atoms with Gasteiger partial charge in [-0.15, -0.1) is 0 Å². The Kier molecular flexibility index (Phi) is 5.81. The number of carbonyl (C=O) groups is 2. The number of fused-ring (bicyclic) bond motifs is 1. The smallest absolute Gasteiger partial charge is 0.457 e. The van der Waals surface area contributed by atoms with Crippen LogP contribution in [0.4, 0.5) is 4.79 Å². The number of alkyl carbamates (subject to hydrolysis) is 1. The highest BCUT2D eigenvalue weighted by Gasteiger charge is 2.75. The molecule has 0 radical (unpaired) electrons. The molecule has 1 aliphatic heterocycles. The Morgan fingerprint density at radius 3 is 2.61 bits per heavy atom. The number of nitrogens with one attached hydrogen (secondary N) is 1. The third kappa shape index (κ3) is 3.74. The molecule has 3 saturated carbocycles. The number of ether oxygens (including phenoxy) is 2. The summed E-state index contributed by atoms with van der Waals surface area (Å²) in [5.74, 6) is 0.160. The van der Waals surface area contributed by atoms with Gasteiger partial charge in [0.1, 0.15) is 12.6 Å². The van der Waals surface area contributed by atoms with E-state index in [0.29, 0.717) is 18.7 Å². The molecule has 2 bridgehead atoms. The van der Waals surface area contributed by atoms with Crippen LogP contribution >= 0.6 is 0 Å². The molecule has 0 aromatic heterocycles. The topological polar surface area (TPSA) is 83.1 Å². The van der Waals surface area contributed by atoms with Gasteiger partial charge < -0.3 is 24.1 Å². The molecule has 1 N–H and O–H groups in total. The van der Waals surface area contributed by atoms with E-state index in [1.54, 1.807) is 0 Å². The van der Waals surface area contributed by atoms with E-state index in [1.807, 2.05) is 30.3 Å². The van der Waals surface area contributed by atoms with E-state index in [0.717, 1.165) is 24.8 Å². The Hall–Kier alpha value is -2.06. The Labute approximate surface area is 184 Å². The molecule has 7 nitrogen and oxygen atoms in total. The Bertz CT molecular complexity index is 833. The number of hydrogen-bond acceptors (Lipinski definition) is 6. The summed E-state index contributed by atoms with van der Waals surface area (Å²) in [6.45, 7) is 6.82. The van der Waals surface area contributed by atoms with Gasteiger partial charge in [0.2, 0.25) is 0 Å². The minimum absolute atomic E-state index is 0.0794. The lowest BCUT2D eigenvalue weighted by Gasteiger charge is -2.69. The first-order chi connectivity index (χ1) is 14.7. The Morgan fingerprint density at radius 1 is 1.23 bits per heavy atom. The molecule has 1 aromatic carbocycles. The number of amides is 1. The predicted molar refractivity (Wildman–Crippen MR) is 115 cm³/mol. The number of methoxy groups -OCH3 is 1. The Balaban J connectivity index is 1.33. The highest BCUT2D eigenvalue weighted by molar-refractivity contribution is 6.45. The van der Waals surface area contributed by atoms with Crippen LogP contribution in [0, 0.1) is 11.3 Å². The zero-order valence-corrected chi connectivity index (χ0v) is 18.8. The maximum absolute atomic E-state index is 12.2. The third-order valence-corrected chi connectivity index (χ3v) is 7.83. The monoisotopic (exact) mass is 429 g/mol. The van der Waals surface area contributed by atoms with Gasteiger partial charge in [0.25, 0.3) is 0 Å². The van der Waals surface area contributed by atoms with Crippen LogP contribution in [0.2, 0.25) is 6.32 Å². The van der Waals surface area contributed by atoms with E-state index in [1.165, 1.54) is 7.11 Å². The van der Waals surface area contributed by atoms with Gasteiger partial charge in [-0.2, -0.15) is 0 Å². The summed E-state index contributed by atoms with van der Waals surface area (Å²) in [5.41, 5.74) is 0.377. The van der Waals surface area contributed by atoms with E-state index >= 15 is 0 Å². The lowest BCUT2D eigenvalue weighted by atomic mass is 9.41. The molecule has 4 fully saturated rings. The maximum atomic E-state index is 12.2. The van der Waals surface area contributed by atoms with Crippen molar-refractivity contribution in [2.45, 2.75) is 76.6 Å². The fourth-order valence-corrected chi connectivity index (χ4v) is 5.81. The average molecular weight is 429 g/mol. The van der Waals surface area contributed by atoms with Crippen LogP contribution in [-0.4, -0.2) is 43.5 Å². The van der Waals surface area contributed by atoms with Crippen molar-refractivity contribution in [3.63, 3.8) is 0 Å². The normalized spacial score (nSPS) is 31.2. The van der Waals surface area contributed by atoms with Gasteiger partial charge in [-0.1, -0.05) is 44.2 Å². The quantitative estimate of drug-likeness (QED) is 0.526. The molecule has 1 heterocycles. The van der Waals surface area contributed by atoms with E-state index < -0.39 is 25.2 Å². The molecule has 0 unspecified atom stereocenters. The summed E-state index contributed by atoms with van der Waals surface area (Å²) < 4.78 is 23.0. The van der Waals surface area contributed by atoms with Crippen LogP contribution in [0.1, 0.15) is 52.0 Å². The molecule has 5 rings (SSSR count). The first kappa shape index (κ1) is 22.2. The van der Waals surface area contributed by atoms with Crippen molar-refractivity contribution in [1.29, 1.82) is 0 Å². The van der Waals surface area contributed by atoms with Crippen LogP contribution in [0.3, 0.4) is 0 Å². The average Bonchev–Trinajstić information content (AvgIpc) is 3.10. The number of carbonyl (C=O) groups excluding carboxylic acids is 2. The van der Waals surface area contributed by atoms with E-state index in [4.69, 9.17) is 18.8 Å². The highest BCUT2D eigenvalue weighted by Crippen LogP contribution is 2.70. The number of hydrogen-bond donors (Lipinski definition) is 1. The zero-order chi connectivity index (χ0) is 22.3. The summed E-state index contributed by atoms with van der Waals surface area (Å²) in [6.07, 6.45) is 3.33. The second-order valence-electron chi connectivity index (χ2n) is 9.74. The van der Waals surface area contributed by atoms with E-state index in [2.05, 4.69) is 26.1 Å². The summed E-state index contributed by atoms with van der Waals surface area (Å²) in [7, 11) is 0.901. The molecule has 168 valence electrons. The van der Waals surface area contributed by atoms with Crippen molar-refractivity contribution in [3.05, 3.63) is 35.9 Å². The molecule has 31 heavy (non-hydrogen) atoms. The highest BCUT2D eigenvalue weighted by atomic mass is 16.7. The molecule has 1 saturated heterocycles. The molecular weight excluding hydrogens is 397 g/mol. The molecular formula is C23H32BNO6. The first-order valence-electron chi connectivity index (χ1n) is 11.1. The van der Waals surface area contributed by atoms with Gasteiger partial charge in [-0.25, -0.2) is 9.59 Å². The van der Waals surface area contributed by atoms with Gasteiger partial charge in [0, 0.05) is 0 Å². The minimum atomic E-state index is -0.824. The second kappa shape index (κ2) is 8.13. The van der Waals surface area contributed by atoms with Gasteiger partial charge in [-0.05, 0) is 55.8 Å². The van der Waals surface area contributed by atoms with E-state index in [9.17, 15) is 9.59 Å². The zero-order valence-electron chi connectivity index (χ0n) is 18.8. The lowest BCUT2D eigenvalue weighted by Crippen LogP contribution is -2.73. The van der Waals surface area contributed by atoms with Crippen molar-refractivity contribution < 1.29 is 28.4 Å². The number of benzene rings is 1. The molecule has 1 spiro atoms. The summed E-state index contributed by atoms with van der Waals surface area (Å²) in [6, 6.07) is 8.55. The van der Waals surface area contributed by atoms with Crippen LogP contribution in [0.25, 0.3) is 0 Å².